The van der Waals surface area contributed by atoms with Gasteiger partial charge in [-0.25, -0.2) is 0 Å². The van der Waals surface area contributed by atoms with Gasteiger partial charge in [-0.2, -0.15) is 0 Å². The molecule has 1 saturated heterocycles. The van der Waals surface area contributed by atoms with Gasteiger partial charge in [-0.1, -0.05) is 43.2 Å². The topological polar surface area (TPSA) is 41.6 Å². The SMILES string of the molecule is I.NC(=NCC1CC1c1ccccc1)N1CCCCCC1. The third-order valence-electron chi connectivity index (χ3n) is 4.57. The maximum absolute atomic E-state index is 6.15. The molecule has 1 aromatic rings. The van der Waals surface area contributed by atoms with Gasteiger partial charge in [-0.3, -0.25) is 4.99 Å². The summed E-state index contributed by atoms with van der Waals surface area (Å²) in [5.41, 5.74) is 7.61. The molecule has 3 rings (SSSR count). The molecule has 1 heterocycles. The summed E-state index contributed by atoms with van der Waals surface area (Å²) in [6, 6.07) is 10.8. The second-order valence-electron chi connectivity index (χ2n) is 6.11. The summed E-state index contributed by atoms with van der Waals surface area (Å²) >= 11 is 0. The molecule has 1 aliphatic heterocycles. The lowest BCUT2D eigenvalue weighted by Crippen LogP contribution is -2.38. The van der Waals surface area contributed by atoms with Gasteiger partial charge in [0.05, 0.1) is 0 Å². The molecule has 2 unspecified atom stereocenters. The molecule has 116 valence electrons. The van der Waals surface area contributed by atoms with Crippen LogP contribution in [0.4, 0.5) is 0 Å². The van der Waals surface area contributed by atoms with E-state index in [0.717, 1.165) is 25.6 Å². The van der Waals surface area contributed by atoms with Crippen molar-refractivity contribution in [3.63, 3.8) is 0 Å². The molecular weight excluding hydrogens is 373 g/mol. The zero-order valence-corrected chi connectivity index (χ0v) is 14.9. The third-order valence-corrected chi connectivity index (χ3v) is 4.57. The minimum Gasteiger partial charge on any atom is -0.370 e. The number of rotatable bonds is 3. The van der Waals surface area contributed by atoms with E-state index in [2.05, 4.69) is 40.2 Å². The van der Waals surface area contributed by atoms with Crippen molar-refractivity contribution in [1.29, 1.82) is 0 Å². The van der Waals surface area contributed by atoms with E-state index in [0.29, 0.717) is 11.8 Å². The van der Waals surface area contributed by atoms with Crippen LogP contribution in [0.1, 0.15) is 43.6 Å². The Morgan fingerprint density at radius 3 is 2.43 bits per heavy atom. The zero-order valence-electron chi connectivity index (χ0n) is 12.6. The van der Waals surface area contributed by atoms with E-state index in [1.807, 2.05) is 0 Å². The minimum atomic E-state index is 0. The Balaban J connectivity index is 0.00000161. The Bertz CT molecular complexity index is 452. The molecule has 2 atom stereocenters. The number of nitrogens with zero attached hydrogens (tertiary/aromatic N) is 2. The normalized spacial score (nSPS) is 25.9. The van der Waals surface area contributed by atoms with Gasteiger partial charge in [0.2, 0.25) is 0 Å². The van der Waals surface area contributed by atoms with Crippen LogP contribution in [-0.2, 0) is 0 Å². The van der Waals surface area contributed by atoms with Crippen LogP contribution in [-0.4, -0.2) is 30.5 Å². The van der Waals surface area contributed by atoms with Gasteiger partial charge < -0.3 is 10.6 Å². The van der Waals surface area contributed by atoms with Gasteiger partial charge in [0, 0.05) is 19.6 Å². The van der Waals surface area contributed by atoms with E-state index < -0.39 is 0 Å². The largest absolute Gasteiger partial charge is 0.370 e. The molecule has 0 bridgehead atoms. The van der Waals surface area contributed by atoms with Crippen molar-refractivity contribution in [3.05, 3.63) is 35.9 Å². The molecule has 1 saturated carbocycles. The quantitative estimate of drug-likeness (QED) is 0.480. The fraction of sp³-hybridized carbons (Fsp3) is 0.588. The van der Waals surface area contributed by atoms with Gasteiger partial charge in [0.15, 0.2) is 5.96 Å². The van der Waals surface area contributed by atoms with E-state index >= 15 is 0 Å². The summed E-state index contributed by atoms with van der Waals surface area (Å²) < 4.78 is 0. The number of hydrogen-bond donors (Lipinski definition) is 1. The molecular formula is C17H26IN3. The predicted octanol–water partition coefficient (Wildman–Crippen LogP) is 3.60. The molecule has 2 N–H and O–H groups in total. The van der Waals surface area contributed by atoms with Gasteiger partial charge in [0.1, 0.15) is 0 Å². The first kappa shape index (κ1) is 16.6. The average Bonchev–Trinajstić information content (AvgIpc) is 3.29. The van der Waals surface area contributed by atoms with E-state index in [1.54, 1.807) is 0 Å². The molecule has 1 aromatic carbocycles. The zero-order chi connectivity index (χ0) is 13.8. The summed E-state index contributed by atoms with van der Waals surface area (Å²) in [4.78, 5) is 6.92. The molecule has 4 heteroatoms. The smallest absolute Gasteiger partial charge is 0.191 e. The van der Waals surface area contributed by atoms with Crippen LogP contribution in [0.3, 0.4) is 0 Å². The second-order valence-corrected chi connectivity index (χ2v) is 6.11. The number of nitrogens with two attached hydrogens (primary N) is 1. The van der Waals surface area contributed by atoms with Gasteiger partial charge in [-0.05, 0) is 36.7 Å². The number of benzene rings is 1. The van der Waals surface area contributed by atoms with E-state index in [1.165, 1.54) is 37.7 Å². The maximum atomic E-state index is 6.15. The molecule has 0 aromatic heterocycles. The second kappa shape index (κ2) is 8.01. The van der Waals surface area contributed by atoms with Crippen molar-refractivity contribution in [3.8, 4) is 0 Å². The summed E-state index contributed by atoms with van der Waals surface area (Å²) in [6.07, 6.45) is 6.45. The molecule has 2 fully saturated rings. The molecule has 0 spiro atoms. The van der Waals surface area contributed by atoms with Gasteiger partial charge in [0.25, 0.3) is 0 Å². The van der Waals surface area contributed by atoms with Crippen LogP contribution in [0.25, 0.3) is 0 Å². The number of guanidine groups is 1. The molecule has 3 nitrogen and oxygen atoms in total. The highest BCUT2D eigenvalue weighted by Gasteiger charge is 2.37. The van der Waals surface area contributed by atoms with Crippen LogP contribution < -0.4 is 5.73 Å². The number of hydrogen-bond acceptors (Lipinski definition) is 1. The van der Waals surface area contributed by atoms with Crippen LogP contribution in [0.15, 0.2) is 35.3 Å². The average molecular weight is 399 g/mol. The van der Waals surface area contributed by atoms with Crippen LogP contribution in [0.2, 0.25) is 0 Å². The first-order valence-electron chi connectivity index (χ1n) is 7.94. The number of halogens is 1. The fourth-order valence-corrected chi connectivity index (χ4v) is 3.17. The van der Waals surface area contributed by atoms with Crippen molar-refractivity contribution >= 4 is 29.9 Å². The fourth-order valence-electron chi connectivity index (χ4n) is 3.17. The van der Waals surface area contributed by atoms with Crippen molar-refractivity contribution in [2.45, 2.75) is 38.0 Å². The summed E-state index contributed by atoms with van der Waals surface area (Å²) in [5, 5.41) is 0. The maximum Gasteiger partial charge on any atom is 0.191 e. The Morgan fingerprint density at radius 2 is 1.76 bits per heavy atom. The number of likely N-dealkylation sites (tertiary alicyclic amines) is 1. The number of aliphatic imine (C=N–C) groups is 1. The van der Waals surface area contributed by atoms with E-state index in [4.69, 9.17) is 5.73 Å². The molecule has 1 aliphatic carbocycles. The minimum absolute atomic E-state index is 0. The van der Waals surface area contributed by atoms with E-state index in [9.17, 15) is 0 Å². The Hall–Kier alpha value is -0.780. The van der Waals surface area contributed by atoms with Gasteiger partial charge >= 0.3 is 0 Å². The third kappa shape index (κ3) is 4.59. The Labute approximate surface area is 145 Å². The monoisotopic (exact) mass is 399 g/mol. The molecule has 0 amide bonds. The first-order chi connectivity index (χ1) is 9.84. The predicted molar refractivity (Wildman–Crippen MR) is 99.2 cm³/mol. The van der Waals surface area contributed by atoms with E-state index in [-0.39, 0.29) is 24.0 Å². The Kier molecular flexibility index (Phi) is 6.33. The van der Waals surface area contributed by atoms with Crippen molar-refractivity contribution in [2.24, 2.45) is 16.6 Å². The lowest BCUT2D eigenvalue weighted by molar-refractivity contribution is 0.428. The Morgan fingerprint density at radius 1 is 1.10 bits per heavy atom. The lowest BCUT2D eigenvalue weighted by atomic mass is 10.1. The summed E-state index contributed by atoms with van der Waals surface area (Å²) in [7, 11) is 0. The van der Waals surface area contributed by atoms with Crippen molar-refractivity contribution < 1.29 is 0 Å². The van der Waals surface area contributed by atoms with Crippen LogP contribution in [0, 0.1) is 5.92 Å². The highest BCUT2D eigenvalue weighted by Crippen LogP contribution is 2.47. The molecule has 0 radical (unpaired) electrons. The summed E-state index contributed by atoms with van der Waals surface area (Å²) in [6.45, 7) is 3.06. The van der Waals surface area contributed by atoms with Crippen LogP contribution >= 0.6 is 24.0 Å². The lowest BCUT2D eigenvalue weighted by Gasteiger charge is -2.21. The van der Waals surface area contributed by atoms with Crippen molar-refractivity contribution in [2.75, 3.05) is 19.6 Å². The molecule has 2 aliphatic rings. The summed E-state index contributed by atoms with van der Waals surface area (Å²) in [5.74, 6) is 2.17. The van der Waals surface area contributed by atoms with Crippen molar-refractivity contribution in [1.82, 2.24) is 4.90 Å². The van der Waals surface area contributed by atoms with Crippen LogP contribution in [0.5, 0.6) is 0 Å². The first-order valence-corrected chi connectivity index (χ1v) is 7.94. The van der Waals surface area contributed by atoms with Gasteiger partial charge in [-0.15, -0.1) is 24.0 Å². The highest BCUT2D eigenvalue weighted by molar-refractivity contribution is 14.0. The highest BCUT2D eigenvalue weighted by atomic mass is 127. The molecule has 21 heavy (non-hydrogen) atoms. The standard InChI is InChI=1S/C17H25N3.HI/c18-17(20-10-6-1-2-7-11-20)19-13-15-12-16(15)14-8-4-3-5-9-14;/h3-5,8-9,15-16H,1-2,6-7,10-13H2,(H2,18,19);1H.